The number of aliphatic hydroxyl groups is 1. The lowest BCUT2D eigenvalue weighted by atomic mass is 9.99. The van der Waals surface area contributed by atoms with Crippen LogP contribution in [-0.2, 0) is 4.79 Å². The van der Waals surface area contributed by atoms with Crippen LogP contribution in [0.1, 0.15) is 32.6 Å². The van der Waals surface area contributed by atoms with E-state index in [0.29, 0.717) is 6.42 Å². The number of carbonyl (C=O) groups excluding carboxylic acids is 1. The van der Waals surface area contributed by atoms with Crippen LogP contribution in [0.25, 0.3) is 0 Å². The summed E-state index contributed by atoms with van der Waals surface area (Å²) >= 11 is 0. The van der Waals surface area contributed by atoms with Crippen LogP contribution in [0.3, 0.4) is 0 Å². The SMILES string of the molecule is CC1CCCCC(=O)C1O. The van der Waals surface area contributed by atoms with Crippen molar-refractivity contribution in [2.75, 3.05) is 0 Å². The predicted octanol–water partition coefficient (Wildman–Crippen LogP) is 1.13. The molecule has 0 saturated heterocycles. The number of carbonyl (C=O) groups is 1. The minimum Gasteiger partial charge on any atom is -0.385 e. The molecule has 1 N–H and O–H groups in total. The first-order valence-corrected chi connectivity index (χ1v) is 3.92. The zero-order valence-electron chi connectivity index (χ0n) is 6.34. The summed E-state index contributed by atoms with van der Waals surface area (Å²) in [5.41, 5.74) is 0. The van der Waals surface area contributed by atoms with Crippen molar-refractivity contribution in [1.29, 1.82) is 0 Å². The molecule has 0 spiro atoms. The highest BCUT2D eigenvalue weighted by Gasteiger charge is 2.23. The van der Waals surface area contributed by atoms with E-state index in [1.165, 1.54) is 0 Å². The van der Waals surface area contributed by atoms with E-state index in [2.05, 4.69) is 0 Å². The van der Waals surface area contributed by atoms with E-state index in [1.54, 1.807) is 0 Å². The molecule has 0 bridgehead atoms. The van der Waals surface area contributed by atoms with Crippen molar-refractivity contribution < 1.29 is 9.90 Å². The molecule has 0 aromatic heterocycles. The Labute approximate surface area is 61.2 Å². The zero-order valence-corrected chi connectivity index (χ0v) is 6.34. The van der Waals surface area contributed by atoms with Gasteiger partial charge in [-0.3, -0.25) is 4.79 Å². The summed E-state index contributed by atoms with van der Waals surface area (Å²) in [6.07, 6.45) is 2.94. The van der Waals surface area contributed by atoms with Gasteiger partial charge in [0.1, 0.15) is 6.10 Å². The quantitative estimate of drug-likeness (QED) is 0.515. The van der Waals surface area contributed by atoms with E-state index in [0.717, 1.165) is 19.3 Å². The van der Waals surface area contributed by atoms with Gasteiger partial charge in [0.2, 0.25) is 0 Å². The third-order valence-electron chi connectivity index (χ3n) is 2.20. The molecule has 0 aromatic carbocycles. The molecule has 0 heterocycles. The Hall–Kier alpha value is -0.370. The van der Waals surface area contributed by atoms with Crippen molar-refractivity contribution in [3.8, 4) is 0 Å². The van der Waals surface area contributed by atoms with Crippen LogP contribution in [-0.4, -0.2) is 17.0 Å². The number of hydrogen-bond acceptors (Lipinski definition) is 2. The Balaban J connectivity index is 2.55. The Morgan fingerprint density at radius 1 is 1.50 bits per heavy atom. The summed E-state index contributed by atoms with van der Waals surface area (Å²) in [5.74, 6) is 0.208. The normalized spacial score (nSPS) is 35.6. The summed E-state index contributed by atoms with van der Waals surface area (Å²) in [7, 11) is 0. The molecule has 0 amide bonds. The molecule has 2 unspecified atom stereocenters. The highest BCUT2D eigenvalue weighted by molar-refractivity contribution is 5.83. The van der Waals surface area contributed by atoms with E-state index in [1.807, 2.05) is 6.92 Å². The number of Topliss-reactive ketones (excluding diaryl/α,β-unsaturated/α-hetero) is 1. The van der Waals surface area contributed by atoms with Gasteiger partial charge in [-0.15, -0.1) is 0 Å². The largest absolute Gasteiger partial charge is 0.385 e. The molecule has 0 aliphatic heterocycles. The molecule has 2 atom stereocenters. The molecule has 1 aliphatic carbocycles. The van der Waals surface area contributed by atoms with Gasteiger partial charge in [0.25, 0.3) is 0 Å². The van der Waals surface area contributed by atoms with Crippen molar-refractivity contribution >= 4 is 5.78 Å². The molecule has 1 fully saturated rings. The summed E-state index contributed by atoms with van der Waals surface area (Å²) in [5, 5.41) is 9.28. The monoisotopic (exact) mass is 142 g/mol. The van der Waals surface area contributed by atoms with E-state index in [-0.39, 0.29) is 11.7 Å². The molecule has 1 aliphatic rings. The van der Waals surface area contributed by atoms with Crippen molar-refractivity contribution in [3.63, 3.8) is 0 Å². The van der Waals surface area contributed by atoms with Crippen LogP contribution in [0.5, 0.6) is 0 Å². The van der Waals surface area contributed by atoms with Crippen LogP contribution < -0.4 is 0 Å². The average Bonchev–Trinajstić information content (AvgIpc) is 2.04. The highest BCUT2D eigenvalue weighted by Crippen LogP contribution is 2.20. The van der Waals surface area contributed by atoms with Crippen LogP contribution in [0.4, 0.5) is 0 Å². The lowest BCUT2D eigenvalue weighted by Gasteiger charge is -2.12. The minimum absolute atomic E-state index is 0.0324. The Morgan fingerprint density at radius 2 is 2.20 bits per heavy atom. The molecule has 0 aromatic rings. The van der Waals surface area contributed by atoms with Crippen molar-refractivity contribution in [3.05, 3.63) is 0 Å². The Bertz CT molecular complexity index is 131. The molecule has 0 radical (unpaired) electrons. The van der Waals surface area contributed by atoms with Crippen LogP contribution in [0, 0.1) is 5.92 Å². The lowest BCUT2D eigenvalue weighted by Crippen LogP contribution is -2.25. The fourth-order valence-corrected chi connectivity index (χ4v) is 1.39. The molecule has 10 heavy (non-hydrogen) atoms. The van der Waals surface area contributed by atoms with Crippen LogP contribution in [0.2, 0.25) is 0 Å². The van der Waals surface area contributed by atoms with Gasteiger partial charge < -0.3 is 5.11 Å². The molecule has 1 saturated carbocycles. The van der Waals surface area contributed by atoms with E-state index >= 15 is 0 Å². The van der Waals surface area contributed by atoms with Gasteiger partial charge in [0, 0.05) is 6.42 Å². The topological polar surface area (TPSA) is 37.3 Å². The number of rotatable bonds is 0. The summed E-state index contributed by atoms with van der Waals surface area (Å²) in [6.45, 7) is 1.94. The molecule has 58 valence electrons. The maximum absolute atomic E-state index is 11.0. The maximum atomic E-state index is 11.0. The molecular formula is C8H14O2. The van der Waals surface area contributed by atoms with Gasteiger partial charge in [0.15, 0.2) is 5.78 Å². The molecule has 2 heteroatoms. The van der Waals surface area contributed by atoms with Crippen LogP contribution in [0.15, 0.2) is 0 Å². The maximum Gasteiger partial charge on any atom is 0.161 e. The van der Waals surface area contributed by atoms with Gasteiger partial charge in [-0.2, -0.15) is 0 Å². The highest BCUT2D eigenvalue weighted by atomic mass is 16.3. The Morgan fingerprint density at radius 3 is 2.90 bits per heavy atom. The van der Waals surface area contributed by atoms with Gasteiger partial charge in [-0.25, -0.2) is 0 Å². The van der Waals surface area contributed by atoms with Crippen molar-refractivity contribution in [2.45, 2.75) is 38.7 Å². The second-order valence-corrected chi connectivity index (χ2v) is 3.13. The second kappa shape index (κ2) is 3.15. The van der Waals surface area contributed by atoms with Gasteiger partial charge in [0.05, 0.1) is 0 Å². The average molecular weight is 142 g/mol. The third-order valence-corrected chi connectivity index (χ3v) is 2.20. The van der Waals surface area contributed by atoms with E-state index in [4.69, 9.17) is 0 Å². The Kier molecular flexibility index (Phi) is 2.44. The van der Waals surface area contributed by atoms with Gasteiger partial charge in [-0.05, 0) is 18.8 Å². The van der Waals surface area contributed by atoms with Crippen molar-refractivity contribution in [2.24, 2.45) is 5.92 Å². The van der Waals surface area contributed by atoms with Crippen molar-refractivity contribution in [1.82, 2.24) is 0 Å². The number of aliphatic hydroxyl groups excluding tert-OH is 1. The standard InChI is InChI=1S/C8H14O2/c1-6-4-2-3-5-7(9)8(6)10/h6,8,10H,2-5H2,1H3. The first-order valence-electron chi connectivity index (χ1n) is 3.92. The number of ketones is 1. The lowest BCUT2D eigenvalue weighted by molar-refractivity contribution is -0.128. The zero-order chi connectivity index (χ0) is 7.56. The van der Waals surface area contributed by atoms with Gasteiger partial charge >= 0.3 is 0 Å². The predicted molar refractivity (Wildman–Crippen MR) is 38.6 cm³/mol. The molecular weight excluding hydrogens is 128 g/mol. The fraction of sp³-hybridized carbons (Fsp3) is 0.875. The summed E-state index contributed by atoms with van der Waals surface area (Å²) < 4.78 is 0. The smallest absolute Gasteiger partial charge is 0.161 e. The van der Waals surface area contributed by atoms with Gasteiger partial charge in [-0.1, -0.05) is 13.3 Å². The van der Waals surface area contributed by atoms with E-state index < -0.39 is 6.10 Å². The molecule has 2 nitrogen and oxygen atoms in total. The third kappa shape index (κ3) is 1.57. The first kappa shape index (κ1) is 7.73. The second-order valence-electron chi connectivity index (χ2n) is 3.13. The fourth-order valence-electron chi connectivity index (χ4n) is 1.39. The van der Waals surface area contributed by atoms with Crippen LogP contribution >= 0.6 is 0 Å². The summed E-state index contributed by atoms with van der Waals surface area (Å²) in [4.78, 5) is 11.0. The molecule has 1 rings (SSSR count). The summed E-state index contributed by atoms with van der Waals surface area (Å²) in [6, 6.07) is 0. The number of hydrogen-bond donors (Lipinski definition) is 1. The first-order chi connectivity index (χ1) is 4.72. The van der Waals surface area contributed by atoms with E-state index in [9.17, 15) is 9.90 Å². The minimum atomic E-state index is -0.678.